The fourth-order valence-electron chi connectivity index (χ4n) is 6.31. The summed E-state index contributed by atoms with van der Waals surface area (Å²) in [4.78, 5) is 56.1. The lowest BCUT2D eigenvalue weighted by atomic mass is 9.74. The van der Waals surface area contributed by atoms with E-state index in [1.165, 1.54) is 0 Å². The number of ketones is 2. The van der Waals surface area contributed by atoms with Gasteiger partial charge in [-0.3, -0.25) is 19.2 Å². The van der Waals surface area contributed by atoms with Crippen molar-refractivity contribution in [2.24, 2.45) is 17.8 Å². The Morgan fingerprint density at radius 1 is 0.818 bits per heavy atom. The van der Waals surface area contributed by atoms with E-state index in [4.69, 9.17) is 16.3 Å². The number of hydrogen-bond acceptors (Lipinski definition) is 5. The average Bonchev–Trinajstić information content (AvgIpc) is 3.40. The van der Waals surface area contributed by atoms with Crippen LogP contribution in [0.15, 0.2) is 48.5 Å². The van der Waals surface area contributed by atoms with Gasteiger partial charge in [-0.25, -0.2) is 4.90 Å². The third kappa shape index (κ3) is 2.65. The normalized spacial score (nSPS) is 28.6. The Bertz CT molecular complexity index is 1180. The number of carbonyl (C=O) groups is 4. The molecular formula is C26H22ClNO5. The number of fused-ring (bicyclic) bond motifs is 3. The quantitative estimate of drug-likeness (QED) is 0.491. The molecule has 0 aromatic heterocycles. The Morgan fingerprint density at radius 2 is 1.42 bits per heavy atom. The lowest BCUT2D eigenvalue weighted by Gasteiger charge is -2.32. The molecule has 2 aromatic carbocycles. The number of amides is 2. The van der Waals surface area contributed by atoms with Crippen LogP contribution >= 0.6 is 11.6 Å². The van der Waals surface area contributed by atoms with Gasteiger partial charge in [0.1, 0.15) is 0 Å². The molecule has 3 fully saturated rings. The summed E-state index contributed by atoms with van der Waals surface area (Å²) in [6, 6.07) is 13.2. The topological polar surface area (TPSA) is 80.8 Å². The van der Waals surface area contributed by atoms with Crippen molar-refractivity contribution in [2.45, 2.75) is 43.8 Å². The molecule has 2 saturated heterocycles. The molecule has 4 aliphatic rings. The van der Waals surface area contributed by atoms with Gasteiger partial charge < -0.3 is 4.74 Å². The van der Waals surface area contributed by atoms with E-state index in [0.29, 0.717) is 0 Å². The maximum atomic E-state index is 13.8. The van der Waals surface area contributed by atoms with Gasteiger partial charge in [-0.1, -0.05) is 67.3 Å². The van der Waals surface area contributed by atoms with Gasteiger partial charge in [-0.05, 0) is 30.9 Å². The van der Waals surface area contributed by atoms with Crippen LogP contribution in [0.3, 0.4) is 0 Å². The SMILES string of the molecule is O=C1[C@H]2[C@@H](C3CCCCC3)OC3(C(=O)c4ccccc4C3=O)[C@H]2C(=O)N1c1ccccc1Cl. The van der Waals surface area contributed by atoms with E-state index >= 15 is 0 Å². The van der Waals surface area contributed by atoms with Crippen molar-refractivity contribution >= 4 is 40.7 Å². The number of benzene rings is 2. The summed E-state index contributed by atoms with van der Waals surface area (Å²) in [7, 11) is 0. The minimum Gasteiger partial charge on any atom is -0.353 e. The van der Waals surface area contributed by atoms with Gasteiger partial charge in [0.15, 0.2) is 0 Å². The molecule has 3 atom stereocenters. The molecule has 0 bridgehead atoms. The first-order chi connectivity index (χ1) is 16.0. The molecule has 2 amide bonds. The van der Waals surface area contributed by atoms with Gasteiger partial charge >= 0.3 is 0 Å². The minimum absolute atomic E-state index is 0.0119. The molecule has 2 aliphatic heterocycles. The van der Waals surface area contributed by atoms with Crippen LogP contribution in [0.1, 0.15) is 52.8 Å². The molecule has 2 heterocycles. The van der Waals surface area contributed by atoms with E-state index in [9.17, 15) is 19.2 Å². The highest BCUT2D eigenvalue weighted by molar-refractivity contribution is 6.39. The first-order valence-corrected chi connectivity index (χ1v) is 11.8. The predicted octanol–water partition coefficient (Wildman–Crippen LogP) is 4.24. The largest absolute Gasteiger partial charge is 0.353 e. The van der Waals surface area contributed by atoms with Crippen LogP contribution < -0.4 is 4.90 Å². The van der Waals surface area contributed by atoms with E-state index in [1.54, 1.807) is 48.5 Å². The third-order valence-electron chi connectivity index (χ3n) is 7.76. The molecule has 7 heteroatoms. The number of imide groups is 1. The van der Waals surface area contributed by atoms with Crippen LogP contribution in [0, 0.1) is 17.8 Å². The Kier molecular flexibility index (Phi) is 4.61. The molecule has 6 rings (SSSR count). The molecule has 0 radical (unpaired) electrons. The average molecular weight is 464 g/mol. The van der Waals surface area contributed by atoms with Crippen LogP contribution in [0.4, 0.5) is 5.69 Å². The van der Waals surface area contributed by atoms with Crippen molar-refractivity contribution in [1.29, 1.82) is 0 Å². The summed E-state index contributed by atoms with van der Waals surface area (Å²) in [6.07, 6.45) is 4.10. The summed E-state index contributed by atoms with van der Waals surface area (Å²) < 4.78 is 6.38. The van der Waals surface area contributed by atoms with E-state index in [2.05, 4.69) is 0 Å². The monoisotopic (exact) mass is 463 g/mol. The number of nitrogens with zero attached hydrogens (tertiary/aromatic N) is 1. The van der Waals surface area contributed by atoms with E-state index in [-0.39, 0.29) is 27.8 Å². The van der Waals surface area contributed by atoms with Gasteiger partial charge in [0.05, 0.1) is 28.6 Å². The molecule has 6 nitrogen and oxygen atoms in total. The van der Waals surface area contributed by atoms with Crippen LogP contribution in [0.5, 0.6) is 0 Å². The van der Waals surface area contributed by atoms with Crippen molar-refractivity contribution in [2.75, 3.05) is 4.90 Å². The van der Waals surface area contributed by atoms with Crippen molar-refractivity contribution < 1.29 is 23.9 Å². The summed E-state index contributed by atoms with van der Waals surface area (Å²) in [5, 5.41) is 0.260. The zero-order chi connectivity index (χ0) is 22.9. The Hall–Kier alpha value is -2.83. The zero-order valence-corrected chi connectivity index (χ0v) is 18.6. The number of Topliss-reactive ketones (excluding diaryl/α,β-unsaturated/α-hetero) is 2. The van der Waals surface area contributed by atoms with Crippen molar-refractivity contribution in [1.82, 2.24) is 0 Å². The number of halogens is 1. The Balaban J connectivity index is 1.52. The van der Waals surface area contributed by atoms with Crippen molar-refractivity contribution in [3.05, 3.63) is 64.7 Å². The fraction of sp³-hybridized carbons (Fsp3) is 0.385. The van der Waals surface area contributed by atoms with E-state index in [0.717, 1.165) is 37.0 Å². The summed E-state index contributed by atoms with van der Waals surface area (Å²) in [6.45, 7) is 0. The fourth-order valence-corrected chi connectivity index (χ4v) is 6.53. The first-order valence-electron chi connectivity index (χ1n) is 11.5. The highest BCUT2D eigenvalue weighted by Gasteiger charge is 2.75. The zero-order valence-electron chi connectivity index (χ0n) is 17.8. The maximum absolute atomic E-state index is 13.8. The predicted molar refractivity (Wildman–Crippen MR) is 120 cm³/mol. The van der Waals surface area contributed by atoms with Crippen LogP contribution in [0.25, 0.3) is 0 Å². The second-order valence-electron chi connectivity index (χ2n) is 9.39. The molecule has 0 unspecified atom stereocenters. The van der Waals surface area contributed by atoms with Gasteiger partial charge in [0.25, 0.3) is 0 Å². The lowest BCUT2D eigenvalue weighted by Crippen LogP contribution is -2.51. The number of rotatable bonds is 2. The third-order valence-corrected chi connectivity index (χ3v) is 8.08. The van der Waals surface area contributed by atoms with Crippen LogP contribution in [-0.2, 0) is 14.3 Å². The lowest BCUT2D eigenvalue weighted by molar-refractivity contribution is -0.128. The highest BCUT2D eigenvalue weighted by atomic mass is 35.5. The maximum Gasteiger partial charge on any atom is 0.241 e. The molecule has 2 aromatic rings. The second-order valence-corrected chi connectivity index (χ2v) is 9.79. The van der Waals surface area contributed by atoms with E-state index in [1.807, 2.05) is 0 Å². The van der Waals surface area contributed by atoms with Gasteiger partial charge in [-0.15, -0.1) is 0 Å². The molecule has 1 saturated carbocycles. The standard InChI is InChI=1S/C26H22ClNO5/c27-17-12-6-7-13-18(17)28-24(31)19-20(25(28)32)26(33-21(19)14-8-2-1-3-9-14)22(29)15-10-4-5-11-16(15)23(26)30/h4-7,10-14,19-21H,1-3,8-9H2/t19-,20-,21-/m1/s1. The highest BCUT2D eigenvalue weighted by Crippen LogP contribution is 2.56. The Morgan fingerprint density at radius 3 is 2.06 bits per heavy atom. The molecule has 33 heavy (non-hydrogen) atoms. The number of carbonyl (C=O) groups excluding carboxylic acids is 4. The van der Waals surface area contributed by atoms with Crippen LogP contribution in [-0.4, -0.2) is 35.1 Å². The number of para-hydroxylation sites is 1. The first kappa shape index (κ1) is 20.8. The number of ether oxygens (including phenoxy) is 1. The smallest absolute Gasteiger partial charge is 0.241 e. The molecule has 168 valence electrons. The van der Waals surface area contributed by atoms with E-state index < -0.39 is 46.9 Å². The summed E-state index contributed by atoms with van der Waals surface area (Å²) >= 11 is 6.35. The number of hydrogen-bond donors (Lipinski definition) is 0. The van der Waals surface area contributed by atoms with Crippen molar-refractivity contribution in [3.63, 3.8) is 0 Å². The Labute approximate surface area is 195 Å². The molecule has 1 spiro atoms. The minimum atomic E-state index is -1.99. The van der Waals surface area contributed by atoms with Gasteiger partial charge in [-0.2, -0.15) is 0 Å². The second kappa shape index (κ2) is 7.34. The van der Waals surface area contributed by atoms with Crippen LogP contribution in [0.2, 0.25) is 5.02 Å². The number of anilines is 1. The molecule has 2 aliphatic carbocycles. The summed E-state index contributed by atoms with van der Waals surface area (Å²) in [5.74, 6) is -4.14. The van der Waals surface area contributed by atoms with Gasteiger partial charge in [0.2, 0.25) is 29.0 Å². The molecule has 0 N–H and O–H groups in total. The van der Waals surface area contributed by atoms with Gasteiger partial charge in [0, 0.05) is 11.1 Å². The summed E-state index contributed by atoms with van der Waals surface area (Å²) in [5.41, 5.74) is -1.21. The molecular weight excluding hydrogens is 442 g/mol. The van der Waals surface area contributed by atoms with Crippen molar-refractivity contribution in [3.8, 4) is 0 Å².